The van der Waals surface area contributed by atoms with E-state index in [0.717, 1.165) is 5.56 Å². The number of nitrogens with one attached hydrogen (secondary N) is 1. The number of hydrogen-bond acceptors (Lipinski definition) is 3. The molecule has 0 bridgehead atoms. The van der Waals surface area contributed by atoms with Gasteiger partial charge in [0.25, 0.3) is 0 Å². The van der Waals surface area contributed by atoms with Crippen molar-refractivity contribution in [1.29, 1.82) is 0 Å². The van der Waals surface area contributed by atoms with Gasteiger partial charge in [0.15, 0.2) is 0 Å². The number of benzene rings is 1. The van der Waals surface area contributed by atoms with Gasteiger partial charge in [-0.3, -0.25) is 4.79 Å². The van der Waals surface area contributed by atoms with E-state index in [4.69, 9.17) is 4.74 Å². The molecule has 1 aromatic rings. The zero-order valence-corrected chi connectivity index (χ0v) is 13.8. The third-order valence-electron chi connectivity index (χ3n) is 5.28. The van der Waals surface area contributed by atoms with Crippen molar-refractivity contribution < 1.29 is 9.53 Å². The van der Waals surface area contributed by atoms with Crippen LogP contribution in [-0.4, -0.2) is 18.6 Å². The summed E-state index contributed by atoms with van der Waals surface area (Å²) in [5.41, 5.74) is 1.61. The van der Waals surface area contributed by atoms with Gasteiger partial charge in [-0.1, -0.05) is 65.0 Å². The predicted molar refractivity (Wildman–Crippen MR) is 84.8 cm³/mol. The number of esters is 1. The Morgan fingerprint density at radius 2 is 1.76 bits per heavy atom. The van der Waals surface area contributed by atoms with Crippen molar-refractivity contribution in [3.05, 3.63) is 35.9 Å². The maximum absolute atomic E-state index is 12.0. The van der Waals surface area contributed by atoms with Crippen LogP contribution in [-0.2, 0) is 16.1 Å². The van der Waals surface area contributed by atoms with Crippen molar-refractivity contribution >= 4 is 5.97 Å². The molecule has 3 nitrogen and oxygen atoms in total. The molecule has 21 heavy (non-hydrogen) atoms. The number of carbonyl (C=O) groups excluding carboxylic acids is 1. The van der Waals surface area contributed by atoms with E-state index in [2.05, 4.69) is 33.0 Å². The van der Waals surface area contributed by atoms with Crippen LogP contribution < -0.4 is 5.32 Å². The van der Waals surface area contributed by atoms with Gasteiger partial charge in [0.1, 0.15) is 6.61 Å². The lowest BCUT2D eigenvalue weighted by Gasteiger charge is -2.13. The Morgan fingerprint density at radius 3 is 2.29 bits per heavy atom. The topological polar surface area (TPSA) is 38.3 Å². The largest absolute Gasteiger partial charge is 0.461 e. The molecule has 1 atom stereocenters. The molecule has 0 aliphatic heterocycles. The van der Waals surface area contributed by atoms with Gasteiger partial charge in [0.05, 0.1) is 5.92 Å². The zero-order chi connectivity index (χ0) is 15.7. The van der Waals surface area contributed by atoms with Crippen molar-refractivity contribution in [2.24, 2.45) is 16.7 Å². The highest BCUT2D eigenvalue weighted by molar-refractivity contribution is 5.72. The fraction of sp³-hybridized carbons (Fsp3) is 0.611. The van der Waals surface area contributed by atoms with Gasteiger partial charge in [-0.25, -0.2) is 0 Å². The van der Waals surface area contributed by atoms with Crippen LogP contribution in [0.3, 0.4) is 0 Å². The summed E-state index contributed by atoms with van der Waals surface area (Å²) in [5, 5.41) is 3.52. The van der Waals surface area contributed by atoms with E-state index in [1.807, 2.05) is 37.3 Å². The second-order valence-corrected chi connectivity index (χ2v) is 7.28. The highest BCUT2D eigenvalue weighted by atomic mass is 16.5. The van der Waals surface area contributed by atoms with E-state index in [1.54, 1.807) is 0 Å². The Morgan fingerprint density at radius 1 is 1.19 bits per heavy atom. The Kier molecular flexibility index (Phi) is 4.43. The van der Waals surface area contributed by atoms with E-state index in [9.17, 15) is 4.79 Å². The number of ether oxygens (including phenoxy) is 1. The molecule has 0 aromatic heterocycles. The SMILES string of the molecule is CC(CNC1C(C)(C)C1(C)C)C(=O)OCc1ccccc1. The number of rotatable bonds is 6. The van der Waals surface area contributed by atoms with Crippen LogP contribution >= 0.6 is 0 Å². The van der Waals surface area contributed by atoms with Gasteiger partial charge in [-0.2, -0.15) is 0 Å². The third kappa shape index (κ3) is 3.29. The van der Waals surface area contributed by atoms with Gasteiger partial charge in [0, 0.05) is 12.6 Å². The maximum atomic E-state index is 12.0. The molecule has 1 N–H and O–H groups in total. The quantitative estimate of drug-likeness (QED) is 0.816. The van der Waals surface area contributed by atoms with Crippen LogP contribution in [0.5, 0.6) is 0 Å². The van der Waals surface area contributed by atoms with Crippen LogP contribution in [0.2, 0.25) is 0 Å². The molecule has 116 valence electrons. The Bertz CT molecular complexity index is 479. The van der Waals surface area contributed by atoms with E-state index in [0.29, 0.717) is 30.0 Å². The minimum absolute atomic E-state index is 0.124. The summed E-state index contributed by atoms with van der Waals surface area (Å²) in [6.45, 7) is 12.0. The van der Waals surface area contributed by atoms with E-state index in [1.165, 1.54) is 0 Å². The summed E-state index contributed by atoms with van der Waals surface area (Å²) in [6.07, 6.45) is 0. The van der Waals surface area contributed by atoms with Crippen LogP contribution in [0.4, 0.5) is 0 Å². The van der Waals surface area contributed by atoms with Crippen LogP contribution in [0.15, 0.2) is 30.3 Å². The van der Waals surface area contributed by atoms with Gasteiger partial charge in [-0.05, 0) is 16.4 Å². The predicted octanol–water partition coefficient (Wildman–Crippen LogP) is 3.39. The highest BCUT2D eigenvalue weighted by Gasteiger charge is 2.64. The molecule has 0 amide bonds. The molecule has 0 saturated heterocycles. The third-order valence-corrected chi connectivity index (χ3v) is 5.28. The minimum atomic E-state index is -0.136. The van der Waals surface area contributed by atoms with Crippen LogP contribution in [0.1, 0.15) is 40.2 Å². The molecule has 1 aliphatic rings. The first-order valence-corrected chi connectivity index (χ1v) is 7.71. The molecule has 1 saturated carbocycles. The minimum Gasteiger partial charge on any atom is -0.461 e. The first-order valence-electron chi connectivity index (χ1n) is 7.71. The molecule has 0 radical (unpaired) electrons. The molecule has 0 heterocycles. The van der Waals surface area contributed by atoms with Crippen LogP contribution in [0, 0.1) is 16.7 Å². The van der Waals surface area contributed by atoms with Crippen molar-refractivity contribution in [3.63, 3.8) is 0 Å². The van der Waals surface area contributed by atoms with Crippen molar-refractivity contribution in [1.82, 2.24) is 5.32 Å². The first kappa shape index (κ1) is 16.0. The molecule has 3 heteroatoms. The van der Waals surface area contributed by atoms with Crippen molar-refractivity contribution in [3.8, 4) is 0 Å². The lowest BCUT2D eigenvalue weighted by atomic mass is 10.0. The average Bonchev–Trinajstić information content (AvgIpc) is 2.84. The normalized spacial score (nSPS) is 20.8. The number of carbonyl (C=O) groups is 1. The lowest BCUT2D eigenvalue weighted by molar-refractivity contribution is -0.149. The summed E-state index contributed by atoms with van der Waals surface area (Å²) < 4.78 is 5.37. The van der Waals surface area contributed by atoms with Gasteiger partial charge in [-0.15, -0.1) is 0 Å². The monoisotopic (exact) mass is 289 g/mol. The summed E-state index contributed by atoms with van der Waals surface area (Å²) >= 11 is 0. The second kappa shape index (κ2) is 5.80. The lowest BCUT2D eigenvalue weighted by Crippen LogP contribution is -2.31. The fourth-order valence-corrected chi connectivity index (χ4v) is 2.96. The number of hydrogen-bond donors (Lipinski definition) is 1. The first-order chi connectivity index (χ1) is 9.76. The van der Waals surface area contributed by atoms with Crippen molar-refractivity contribution in [2.45, 2.75) is 47.3 Å². The molecule has 1 aromatic carbocycles. The summed E-state index contributed by atoms with van der Waals surface area (Å²) in [5.74, 6) is -0.261. The Labute approximate surface area is 128 Å². The molecular weight excluding hydrogens is 262 g/mol. The highest BCUT2D eigenvalue weighted by Crippen LogP contribution is 2.62. The summed E-state index contributed by atoms with van der Waals surface area (Å²) in [7, 11) is 0. The van der Waals surface area contributed by atoms with Crippen molar-refractivity contribution in [2.75, 3.05) is 6.54 Å². The smallest absolute Gasteiger partial charge is 0.310 e. The molecule has 2 rings (SSSR count). The van der Waals surface area contributed by atoms with E-state index >= 15 is 0 Å². The molecular formula is C18H27NO2. The van der Waals surface area contributed by atoms with Crippen LogP contribution in [0.25, 0.3) is 0 Å². The molecule has 1 fully saturated rings. The van der Waals surface area contributed by atoms with Gasteiger partial charge < -0.3 is 10.1 Å². The van der Waals surface area contributed by atoms with Gasteiger partial charge in [0.2, 0.25) is 0 Å². The standard InChI is InChI=1S/C18H27NO2/c1-13(11-19-16-17(2,3)18(16,4)5)15(20)21-12-14-9-7-6-8-10-14/h6-10,13,16,19H,11-12H2,1-5H3. The van der Waals surface area contributed by atoms with E-state index < -0.39 is 0 Å². The molecule has 1 aliphatic carbocycles. The zero-order valence-electron chi connectivity index (χ0n) is 13.8. The maximum Gasteiger partial charge on any atom is 0.310 e. The Hall–Kier alpha value is -1.35. The summed E-state index contributed by atoms with van der Waals surface area (Å²) in [4.78, 5) is 12.0. The van der Waals surface area contributed by atoms with Gasteiger partial charge >= 0.3 is 5.97 Å². The van der Waals surface area contributed by atoms with E-state index in [-0.39, 0.29) is 11.9 Å². The summed E-state index contributed by atoms with van der Waals surface area (Å²) in [6, 6.07) is 10.2. The molecule has 1 unspecified atom stereocenters. The fourth-order valence-electron chi connectivity index (χ4n) is 2.96. The average molecular weight is 289 g/mol. The molecule has 0 spiro atoms. The second-order valence-electron chi connectivity index (χ2n) is 7.28. The Balaban J connectivity index is 1.74.